The predicted molar refractivity (Wildman–Crippen MR) is 78.8 cm³/mol. The number of nitrogens with one attached hydrogen (secondary N) is 3. The maximum atomic E-state index is 13.5. The molecule has 0 heterocycles. The van der Waals surface area contributed by atoms with E-state index in [0.717, 1.165) is 12.1 Å². The lowest BCUT2D eigenvalue weighted by Crippen LogP contribution is -2.24. The van der Waals surface area contributed by atoms with E-state index in [2.05, 4.69) is 16.0 Å². The van der Waals surface area contributed by atoms with Crippen LogP contribution >= 0.6 is 0 Å². The molecule has 2 rings (SSSR count). The van der Waals surface area contributed by atoms with Gasteiger partial charge in [-0.15, -0.1) is 0 Å². The Morgan fingerprint density at radius 1 is 0.955 bits per heavy atom. The normalized spacial score (nSPS) is 9.95. The monoisotopic (exact) mass is 305 g/mol. The molecule has 0 aliphatic heterocycles. The Balaban J connectivity index is 2.14. The van der Waals surface area contributed by atoms with E-state index >= 15 is 0 Å². The SMILES string of the molecule is CNC(=O)Nc1cccc(NC(=O)c2ccc(F)cc2F)c1. The van der Waals surface area contributed by atoms with E-state index in [4.69, 9.17) is 0 Å². The van der Waals surface area contributed by atoms with Gasteiger partial charge in [-0.25, -0.2) is 13.6 Å². The van der Waals surface area contributed by atoms with Crippen molar-refractivity contribution in [2.24, 2.45) is 0 Å². The standard InChI is InChI=1S/C15H13F2N3O2/c1-18-15(22)20-11-4-2-3-10(8-11)19-14(21)12-6-5-9(16)7-13(12)17/h2-8H,1H3,(H,19,21)(H2,18,20,22). The minimum absolute atomic E-state index is 0.272. The van der Waals surface area contributed by atoms with E-state index in [1.807, 2.05) is 0 Å². The third-order valence-electron chi connectivity index (χ3n) is 2.78. The first-order chi connectivity index (χ1) is 10.5. The highest BCUT2D eigenvalue weighted by atomic mass is 19.1. The van der Waals surface area contributed by atoms with Crippen molar-refractivity contribution < 1.29 is 18.4 Å². The third kappa shape index (κ3) is 3.78. The van der Waals surface area contributed by atoms with Gasteiger partial charge in [0, 0.05) is 24.5 Å². The van der Waals surface area contributed by atoms with E-state index in [1.54, 1.807) is 18.2 Å². The average Bonchev–Trinajstić information content (AvgIpc) is 2.47. The van der Waals surface area contributed by atoms with Gasteiger partial charge in [0.2, 0.25) is 0 Å². The van der Waals surface area contributed by atoms with Crippen molar-refractivity contribution in [3.05, 3.63) is 59.7 Å². The summed E-state index contributed by atoms with van der Waals surface area (Å²) in [6, 6.07) is 8.62. The molecule has 0 aliphatic carbocycles. The molecular weight excluding hydrogens is 292 g/mol. The Morgan fingerprint density at radius 3 is 2.27 bits per heavy atom. The highest BCUT2D eigenvalue weighted by Gasteiger charge is 2.13. The lowest BCUT2D eigenvalue weighted by atomic mass is 10.2. The molecule has 2 aromatic carbocycles. The molecule has 0 atom stereocenters. The number of urea groups is 1. The van der Waals surface area contributed by atoms with E-state index in [-0.39, 0.29) is 5.56 Å². The molecule has 22 heavy (non-hydrogen) atoms. The summed E-state index contributed by atoms with van der Waals surface area (Å²) >= 11 is 0. The van der Waals surface area contributed by atoms with Crippen LogP contribution in [0.25, 0.3) is 0 Å². The Morgan fingerprint density at radius 2 is 1.64 bits per heavy atom. The molecule has 7 heteroatoms. The Kier molecular flexibility index (Phi) is 4.67. The van der Waals surface area contributed by atoms with E-state index in [1.165, 1.54) is 13.1 Å². The largest absolute Gasteiger partial charge is 0.341 e. The van der Waals surface area contributed by atoms with Crippen molar-refractivity contribution in [3.8, 4) is 0 Å². The number of hydrogen-bond donors (Lipinski definition) is 3. The predicted octanol–water partition coefficient (Wildman–Crippen LogP) is 2.97. The highest BCUT2D eigenvalue weighted by molar-refractivity contribution is 6.04. The molecule has 3 N–H and O–H groups in total. The van der Waals surface area contributed by atoms with Crippen LogP contribution in [0.1, 0.15) is 10.4 Å². The summed E-state index contributed by atoms with van der Waals surface area (Å²) in [5, 5.41) is 7.41. The van der Waals surface area contributed by atoms with Crippen molar-refractivity contribution in [3.63, 3.8) is 0 Å². The summed E-state index contributed by atoms with van der Waals surface area (Å²) < 4.78 is 26.4. The molecule has 0 aliphatic rings. The Bertz CT molecular complexity index is 720. The maximum absolute atomic E-state index is 13.5. The number of rotatable bonds is 3. The molecule has 0 fully saturated rings. The topological polar surface area (TPSA) is 70.2 Å². The zero-order valence-corrected chi connectivity index (χ0v) is 11.6. The molecule has 0 spiro atoms. The highest BCUT2D eigenvalue weighted by Crippen LogP contribution is 2.17. The molecule has 0 bridgehead atoms. The van der Waals surface area contributed by atoms with E-state index in [0.29, 0.717) is 17.4 Å². The molecule has 0 unspecified atom stereocenters. The fourth-order valence-electron chi connectivity index (χ4n) is 1.74. The lowest BCUT2D eigenvalue weighted by molar-refractivity contribution is 0.102. The van der Waals surface area contributed by atoms with Gasteiger partial charge in [-0.1, -0.05) is 6.07 Å². The van der Waals surface area contributed by atoms with Gasteiger partial charge in [-0.05, 0) is 30.3 Å². The summed E-state index contributed by atoms with van der Waals surface area (Å²) in [7, 11) is 1.47. The van der Waals surface area contributed by atoms with Crippen LogP contribution in [-0.2, 0) is 0 Å². The number of halogens is 2. The van der Waals surface area contributed by atoms with Crippen molar-refractivity contribution in [2.75, 3.05) is 17.7 Å². The summed E-state index contributed by atoms with van der Waals surface area (Å²) in [6.07, 6.45) is 0. The smallest absolute Gasteiger partial charge is 0.318 e. The third-order valence-corrected chi connectivity index (χ3v) is 2.78. The van der Waals surface area contributed by atoms with Crippen molar-refractivity contribution >= 4 is 23.3 Å². The first kappa shape index (κ1) is 15.4. The molecule has 5 nitrogen and oxygen atoms in total. The van der Waals surface area contributed by atoms with Crippen molar-refractivity contribution in [2.45, 2.75) is 0 Å². The van der Waals surface area contributed by atoms with Gasteiger partial charge in [-0.2, -0.15) is 0 Å². The zero-order valence-electron chi connectivity index (χ0n) is 11.6. The summed E-state index contributed by atoms with van der Waals surface area (Å²) in [4.78, 5) is 23.2. The summed E-state index contributed by atoms with van der Waals surface area (Å²) in [5.74, 6) is -2.42. The summed E-state index contributed by atoms with van der Waals surface area (Å²) in [6.45, 7) is 0. The minimum Gasteiger partial charge on any atom is -0.341 e. The number of hydrogen-bond acceptors (Lipinski definition) is 2. The molecule has 0 saturated carbocycles. The van der Waals surface area contributed by atoms with Crippen LogP contribution in [0.15, 0.2) is 42.5 Å². The van der Waals surface area contributed by atoms with Gasteiger partial charge in [0.25, 0.3) is 5.91 Å². The van der Waals surface area contributed by atoms with E-state index in [9.17, 15) is 18.4 Å². The van der Waals surface area contributed by atoms with Crippen LogP contribution in [-0.4, -0.2) is 19.0 Å². The molecular formula is C15H13F2N3O2. The molecule has 3 amide bonds. The Hall–Kier alpha value is -2.96. The zero-order chi connectivity index (χ0) is 16.1. The number of amides is 3. The first-order valence-corrected chi connectivity index (χ1v) is 6.35. The molecule has 0 aromatic heterocycles. The average molecular weight is 305 g/mol. The minimum atomic E-state index is -0.947. The first-order valence-electron chi connectivity index (χ1n) is 6.35. The van der Waals surface area contributed by atoms with Gasteiger partial charge in [0.05, 0.1) is 5.56 Å². The van der Waals surface area contributed by atoms with Crippen LogP contribution in [0.3, 0.4) is 0 Å². The van der Waals surface area contributed by atoms with Gasteiger partial charge in [0.1, 0.15) is 11.6 Å². The molecule has 0 radical (unpaired) electrons. The lowest BCUT2D eigenvalue weighted by Gasteiger charge is -2.09. The second-order valence-corrected chi connectivity index (χ2v) is 4.36. The number of carbonyl (C=O) groups excluding carboxylic acids is 2. The Labute approximate surface area is 125 Å². The fourth-order valence-corrected chi connectivity index (χ4v) is 1.74. The van der Waals surface area contributed by atoms with Crippen LogP contribution in [0.5, 0.6) is 0 Å². The van der Waals surface area contributed by atoms with Crippen LogP contribution in [0.4, 0.5) is 25.0 Å². The van der Waals surface area contributed by atoms with Gasteiger partial charge < -0.3 is 16.0 Å². The van der Waals surface area contributed by atoms with Gasteiger partial charge >= 0.3 is 6.03 Å². The van der Waals surface area contributed by atoms with Crippen LogP contribution in [0, 0.1) is 11.6 Å². The molecule has 0 saturated heterocycles. The molecule has 114 valence electrons. The second-order valence-electron chi connectivity index (χ2n) is 4.36. The second kappa shape index (κ2) is 6.66. The van der Waals surface area contributed by atoms with Gasteiger partial charge in [-0.3, -0.25) is 4.79 Å². The fraction of sp³-hybridized carbons (Fsp3) is 0.0667. The van der Waals surface area contributed by atoms with E-state index < -0.39 is 23.6 Å². The number of benzene rings is 2. The van der Waals surface area contributed by atoms with Gasteiger partial charge in [0.15, 0.2) is 0 Å². The number of anilines is 2. The number of carbonyl (C=O) groups is 2. The maximum Gasteiger partial charge on any atom is 0.318 e. The molecule has 2 aromatic rings. The van der Waals surface area contributed by atoms with Crippen molar-refractivity contribution in [1.82, 2.24) is 5.32 Å². The van der Waals surface area contributed by atoms with Crippen LogP contribution in [0.2, 0.25) is 0 Å². The van der Waals surface area contributed by atoms with Crippen LogP contribution < -0.4 is 16.0 Å². The summed E-state index contributed by atoms with van der Waals surface area (Å²) in [5.41, 5.74) is 0.547. The van der Waals surface area contributed by atoms with Crippen molar-refractivity contribution in [1.29, 1.82) is 0 Å². The quantitative estimate of drug-likeness (QED) is 0.816.